The minimum absolute atomic E-state index is 0.254. The van der Waals surface area contributed by atoms with Crippen molar-refractivity contribution in [2.75, 3.05) is 6.61 Å². The summed E-state index contributed by atoms with van der Waals surface area (Å²) in [5.41, 5.74) is 0. The van der Waals surface area contributed by atoms with E-state index < -0.39 is 24.0 Å². The summed E-state index contributed by atoms with van der Waals surface area (Å²) >= 11 is 0. The van der Waals surface area contributed by atoms with Crippen LogP contribution in [-0.2, 0) is 23.8 Å². The van der Waals surface area contributed by atoms with Crippen LogP contribution in [0.15, 0.2) is 0 Å². The Bertz CT molecular complexity index is 235. The maximum Gasteiger partial charge on any atom is 0.303 e. The van der Waals surface area contributed by atoms with Crippen LogP contribution >= 0.6 is 0 Å². The van der Waals surface area contributed by atoms with Crippen molar-refractivity contribution in [1.82, 2.24) is 0 Å². The summed E-state index contributed by atoms with van der Waals surface area (Å²) in [5.74, 6) is -1.22. The molecule has 1 aliphatic heterocycles. The lowest BCUT2D eigenvalue weighted by molar-refractivity contribution is -0.169. The molecular formula is C9H14O5. The number of carbonyl (C=O) groups excluding carboxylic acids is 2. The van der Waals surface area contributed by atoms with Gasteiger partial charge in [0.15, 0.2) is 18.2 Å². The van der Waals surface area contributed by atoms with E-state index in [9.17, 15) is 9.59 Å². The van der Waals surface area contributed by atoms with E-state index in [1.54, 1.807) is 13.8 Å². The molecule has 1 saturated heterocycles. The molecule has 0 N–H and O–H groups in total. The van der Waals surface area contributed by atoms with Gasteiger partial charge in [-0.1, -0.05) is 0 Å². The summed E-state index contributed by atoms with van der Waals surface area (Å²) in [7, 11) is 0. The van der Waals surface area contributed by atoms with Crippen molar-refractivity contribution >= 4 is 12.3 Å². The first kappa shape index (κ1) is 11.1. The Morgan fingerprint density at radius 3 is 2.64 bits per heavy atom. The van der Waals surface area contributed by atoms with Gasteiger partial charge in [-0.3, -0.25) is 9.59 Å². The molecule has 0 aromatic heterocycles. The lowest BCUT2D eigenvalue weighted by Gasteiger charge is -2.19. The second kappa shape index (κ2) is 4.06. The lowest BCUT2D eigenvalue weighted by atomic mass is 10.2. The Hall–Kier alpha value is -0.940. The van der Waals surface area contributed by atoms with Crippen LogP contribution in [0.2, 0.25) is 0 Å². The van der Waals surface area contributed by atoms with E-state index in [1.807, 2.05) is 0 Å². The number of hydrogen-bond donors (Lipinski definition) is 0. The van der Waals surface area contributed by atoms with Crippen LogP contribution in [0.3, 0.4) is 0 Å². The smallest absolute Gasteiger partial charge is 0.303 e. The number of hydrogen-bond acceptors (Lipinski definition) is 5. The molecule has 1 rings (SSSR count). The van der Waals surface area contributed by atoms with Gasteiger partial charge in [-0.25, -0.2) is 0 Å². The number of ether oxygens (including phenoxy) is 3. The first-order valence-corrected chi connectivity index (χ1v) is 4.39. The Morgan fingerprint density at radius 1 is 1.64 bits per heavy atom. The largest absolute Gasteiger partial charge is 0.452 e. The molecule has 1 heterocycles. The Balaban J connectivity index is 2.55. The zero-order valence-electron chi connectivity index (χ0n) is 8.48. The molecule has 2 atom stereocenters. The molecule has 0 unspecified atom stereocenters. The average molecular weight is 202 g/mol. The molecule has 0 saturated carbocycles. The van der Waals surface area contributed by atoms with E-state index in [-0.39, 0.29) is 6.61 Å². The van der Waals surface area contributed by atoms with Gasteiger partial charge in [-0.2, -0.15) is 0 Å². The van der Waals surface area contributed by atoms with Gasteiger partial charge in [0.05, 0.1) is 6.61 Å². The summed E-state index contributed by atoms with van der Waals surface area (Å²) in [6.45, 7) is 4.98. The van der Waals surface area contributed by atoms with Crippen LogP contribution in [0.1, 0.15) is 20.8 Å². The van der Waals surface area contributed by atoms with Gasteiger partial charge in [0.1, 0.15) is 6.10 Å². The highest BCUT2D eigenvalue weighted by molar-refractivity contribution is 5.70. The van der Waals surface area contributed by atoms with Crippen molar-refractivity contribution < 1.29 is 23.8 Å². The predicted octanol–water partition coefficient (Wildman–Crippen LogP) is 0.268. The maximum atomic E-state index is 10.7. The van der Waals surface area contributed by atoms with Crippen molar-refractivity contribution in [2.45, 2.75) is 38.8 Å². The predicted molar refractivity (Wildman–Crippen MR) is 46.5 cm³/mol. The van der Waals surface area contributed by atoms with E-state index in [1.165, 1.54) is 6.92 Å². The van der Waals surface area contributed by atoms with Crippen LogP contribution in [0, 0.1) is 0 Å². The summed E-state index contributed by atoms with van der Waals surface area (Å²) in [5, 5.41) is 0. The topological polar surface area (TPSA) is 61.8 Å². The Labute approximate surface area is 82.3 Å². The van der Waals surface area contributed by atoms with Crippen LogP contribution in [0.4, 0.5) is 0 Å². The van der Waals surface area contributed by atoms with Crippen molar-refractivity contribution in [2.24, 2.45) is 0 Å². The van der Waals surface area contributed by atoms with Crippen molar-refractivity contribution in [3.05, 3.63) is 0 Å². The van der Waals surface area contributed by atoms with E-state index in [2.05, 4.69) is 0 Å². The van der Waals surface area contributed by atoms with E-state index >= 15 is 0 Å². The standard InChI is InChI=1S/C9H14O5/c1-6(11)13-7(4-10)8-5-12-9(2,3)14-8/h4,7-8H,5H2,1-3H3/t7-,8+/m0/s1. The van der Waals surface area contributed by atoms with E-state index in [4.69, 9.17) is 14.2 Å². The quantitative estimate of drug-likeness (QED) is 0.485. The summed E-state index contributed by atoms with van der Waals surface area (Å²) < 4.78 is 15.4. The third-order valence-electron chi connectivity index (χ3n) is 1.83. The average Bonchev–Trinajstić information content (AvgIpc) is 2.41. The fourth-order valence-electron chi connectivity index (χ4n) is 1.26. The van der Waals surface area contributed by atoms with Gasteiger partial charge in [0, 0.05) is 6.92 Å². The maximum absolute atomic E-state index is 10.7. The zero-order chi connectivity index (χ0) is 10.8. The fraction of sp³-hybridized carbons (Fsp3) is 0.778. The molecule has 0 radical (unpaired) electrons. The molecule has 14 heavy (non-hydrogen) atoms. The highest BCUT2D eigenvalue weighted by Gasteiger charge is 2.38. The summed E-state index contributed by atoms with van der Waals surface area (Å²) in [4.78, 5) is 21.3. The molecule has 1 aliphatic rings. The molecule has 1 fully saturated rings. The molecule has 80 valence electrons. The minimum Gasteiger partial charge on any atom is -0.452 e. The second-order valence-corrected chi connectivity index (χ2v) is 3.58. The highest BCUT2D eigenvalue weighted by Crippen LogP contribution is 2.24. The third-order valence-corrected chi connectivity index (χ3v) is 1.83. The molecule has 0 aliphatic carbocycles. The fourth-order valence-corrected chi connectivity index (χ4v) is 1.26. The Morgan fingerprint density at radius 2 is 2.29 bits per heavy atom. The first-order valence-electron chi connectivity index (χ1n) is 4.39. The SMILES string of the molecule is CC(=O)O[C@@H](C=O)[C@H]1COC(C)(C)O1. The van der Waals surface area contributed by atoms with Crippen LogP contribution in [0.25, 0.3) is 0 Å². The third kappa shape index (κ3) is 2.78. The summed E-state index contributed by atoms with van der Waals surface area (Å²) in [6, 6.07) is 0. The molecule has 0 aromatic carbocycles. The molecule has 5 nitrogen and oxygen atoms in total. The normalized spacial score (nSPS) is 26.9. The van der Waals surface area contributed by atoms with Crippen molar-refractivity contribution in [3.63, 3.8) is 0 Å². The number of carbonyl (C=O) groups is 2. The van der Waals surface area contributed by atoms with Crippen LogP contribution < -0.4 is 0 Å². The highest BCUT2D eigenvalue weighted by atomic mass is 16.8. The van der Waals surface area contributed by atoms with Gasteiger partial charge in [0.2, 0.25) is 0 Å². The van der Waals surface area contributed by atoms with Crippen molar-refractivity contribution in [3.8, 4) is 0 Å². The van der Waals surface area contributed by atoms with Gasteiger partial charge in [-0.05, 0) is 13.8 Å². The summed E-state index contributed by atoms with van der Waals surface area (Å²) in [6.07, 6.45) is -0.836. The van der Waals surface area contributed by atoms with Gasteiger partial charge >= 0.3 is 5.97 Å². The number of rotatable bonds is 3. The molecular weight excluding hydrogens is 188 g/mol. The molecule has 0 bridgehead atoms. The van der Waals surface area contributed by atoms with Crippen LogP contribution in [-0.4, -0.2) is 36.9 Å². The monoisotopic (exact) mass is 202 g/mol. The Kier molecular flexibility index (Phi) is 3.23. The number of esters is 1. The second-order valence-electron chi connectivity index (χ2n) is 3.58. The molecule has 0 amide bonds. The minimum atomic E-state index is -0.880. The molecule has 5 heteroatoms. The molecule has 0 spiro atoms. The zero-order valence-corrected chi connectivity index (χ0v) is 8.48. The van der Waals surface area contributed by atoms with Crippen molar-refractivity contribution in [1.29, 1.82) is 0 Å². The first-order chi connectivity index (χ1) is 6.44. The van der Waals surface area contributed by atoms with Crippen LogP contribution in [0.5, 0.6) is 0 Å². The number of aldehydes is 1. The van der Waals surface area contributed by atoms with Gasteiger partial charge in [-0.15, -0.1) is 0 Å². The van der Waals surface area contributed by atoms with E-state index in [0.29, 0.717) is 6.29 Å². The van der Waals surface area contributed by atoms with E-state index in [0.717, 1.165) is 0 Å². The van der Waals surface area contributed by atoms with Gasteiger partial charge in [0.25, 0.3) is 0 Å². The molecule has 0 aromatic rings. The lowest BCUT2D eigenvalue weighted by Crippen LogP contribution is -2.35. The van der Waals surface area contributed by atoms with Gasteiger partial charge < -0.3 is 14.2 Å².